The van der Waals surface area contributed by atoms with Gasteiger partial charge in [-0.3, -0.25) is 4.90 Å². The number of likely N-dealkylation sites (tertiary alicyclic amines) is 1. The molecular weight excluding hydrogens is 362 g/mol. The van der Waals surface area contributed by atoms with E-state index in [0.29, 0.717) is 5.75 Å². The average Bonchev–Trinajstić information content (AvgIpc) is 3.14. The van der Waals surface area contributed by atoms with Gasteiger partial charge in [0.15, 0.2) is 19.7 Å². The van der Waals surface area contributed by atoms with Gasteiger partial charge in [0.25, 0.3) is 0 Å². The van der Waals surface area contributed by atoms with Crippen LogP contribution in [-0.4, -0.2) is 63.7 Å². The van der Waals surface area contributed by atoms with E-state index in [9.17, 15) is 16.8 Å². The molecule has 0 N–H and O–H groups in total. The normalized spacial score (nSPS) is 27.0. The van der Waals surface area contributed by atoms with Gasteiger partial charge in [-0.15, -0.1) is 0 Å². The second kappa shape index (κ2) is 6.89. The summed E-state index contributed by atoms with van der Waals surface area (Å²) in [6.45, 7) is 5.34. The molecule has 2 fully saturated rings. The Morgan fingerprint density at radius 1 is 1.08 bits per heavy atom. The Bertz CT molecular complexity index is 809. The van der Waals surface area contributed by atoms with E-state index < -0.39 is 31.0 Å². The Balaban J connectivity index is 1.89. The summed E-state index contributed by atoms with van der Waals surface area (Å²) in [7, 11) is -7.06. The molecule has 2 aliphatic heterocycles. The van der Waals surface area contributed by atoms with Crippen LogP contribution < -0.4 is 4.74 Å². The Kier molecular flexibility index (Phi) is 5.14. The zero-order chi connectivity index (χ0) is 18.2. The first-order valence-corrected chi connectivity index (χ1v) is 12.0. The molecule has 3 rings (SSSR count). The molecule has 0 aliphatic carbocycles. The van der Waals surface area contributed by atoms with E-state index >= 15 is 0 Å². The number of sulfone groups is 2. The summed E-state index contributed by atoms with van der Waals surface area (Å²) < 4.78 is 56.0. The zero-order valence-corrected chi connectivity index (χ0v) is 16.2. The van der Waals surface area contributed by atoms with Crippen LogP contribution in [0.4, 0.5) is 0 Å². The van der Waals surface area contributed by atoms with Crippen molar-refractivity contribution >= 4 is 19.7 Å². The number of hydrogen-bond donors (Lipinski definition) is 0. The lowest BCUT2D eigenvalue weighted by molar-refractivity contribution is 0.242. The summed E-state index contributed by atoms with van der Waals surface area (Å²) in [5, 5.41) is -0.896. The van der Waals surface area contributed by atoms with Gasteiger partial charge in [0, 0.05) is 6.04 Å². The predicted octanol–water partition coefficient (Wildman–Crippen LogP) is 1.51. The van der Waals surface area contributed by atoms with Crippen LogP contribution in [0, 0.1) is 0 Å². The molecule has 0 spiro atoms. The lowest BCUT2D eigenvalue weighted by atomic mass is 10.2. The van der Waals surface area contributed by atoms with E-state index in [2.05, 4.69) is 0 Å². The van der Waals surface area contributed by atoms with Gasteiger partial charge in [-0.1, -0.05) is 0 Å². The van der Waals surface area contributed by atoms with Crippen LogP contribution in [-0.2, 0) is 19.7 Å². The van der Waals surface area contributed by atoms with Crippen molar-refractivity contribution < 1.29 is 21.6 Å². The second-order valence-electron chi connectivity index (χ2n) is 7.11. The molecule has 0 aromatic heterocycles. The summed E-state index contributed by atoms with van der Waals surface area (Å²) in [4.78, 5) is 2.19. The highest BCUT2D eigenvalue weighted by atomic mass is 32.2. The summed E-state index contributed by atoms with van der Waals surface area (Å²) in [5.41, 5.74) is 0. The van der Waals surface area contributed by atoms with Crippen LogP contribution in [0.15, 0.2) is 29.2 Å². The minimum atomic E-state index is -3.72. The fraction of sp³-hybridized carbons (Fsp3) is 0.647. The molecule has 0 radical (unpaired) electrons. The van der Waals surface area contributed by atoms with E-state index in [1.54, 1.807) is 12.1 Å². The number of rotatable bonds is 5. The molecule has 1 aromatic carbocycles. The van der Waals surface area contributed by atoms with Gasteiger partial charge in [-0.2, -0.15) is 0 Å². The summed E-state index contributed by atoms with van der Waals surface area (Å²) in [6, 6.07) is 5.84. The Labute approximate surface area is 150 Å². The molecule has 2 heterocycles. The third-order valence-electron chi connectivity index (χ3n) is 4.80. The van der Waals surface area contributed by atoms with E-state index in [4.69, 9.17) is 4.74 Å². The molecule has 0 saturated carbocycles. The lowest BCUT2D eigenvalue weighted by Crippen LogP contribution is -2.45. The van der Waals surface area contributed by atoms with E-state index in [0.717, 1.165) is 25.9 Å². The van der Waals surface area contributed by atoms with Crippen molar-refractivity contribution in [1.82, 2.24) is 4.90 Å². The van der Waals surface area contributed by atoms with E-state index in [1.165, 1.54) is 12.1 Å². The molecule has 2 aliphatic rings. The average molecular weight is 388 g/mol. The minimum absolute atomic E-state index is 0.00183. The maximum absolute atomic E-state index is 13.1. The molecule has 6 nitrogen and oxygen atoms in total. The van der Waals surface area contributed by atoms with Crippen molar-refractivity contribution in [2.75, 3.05) is 24.6 Å². The highest BCUT2D eigenvalue weighted by molar-refractivity contribution is 7.96. The SMILES string of the molecule is CC(C)Oc1ccc(S(=O)(=O)[C@H]2CS(=O)(=O)C[C@@H]2N2CCCC2)cc1. The molecule has 8 heteroatoms. The Hall–Kier alpha value is -1.12. The highest BCUT2D eigenvalue weighted by Gasteiger charge is 2.48. The Morgan fingerprint density at radius 3 is 2.24 bits per heavy atom. The summed E-state index contributed by atoms with van der Waals surface area (Å²) in [5.74, 6) is 0.246. The van der Waals surface area contributed by atoms with Crippen LogP contribution in [0.3, 0.4) is 0 Å². The fourth-order valence-electron chi connectivity index (χ4n) is 3.66. The first kappa shape index (κ1) is 18.7. The molecule has 140 valence electrons. The molecule has 0 amide bonds. The summed E-state index contributed by atoms with van der Waals surface area (Å²) in [6.07, 6.45) is 1.98. The van der Waals surface area contributed by atoms with Gasteiger partial charge in [-0.05, 0) is 64.0 Å². The topological polar surface area (TPSA) is 80.8 Å². The Morgan fingerprint density at radius 2 is 1.68 bits per heavy atom. The summed E-state index contributed by atoms with van der Waals surface area (Å²) >= 11 is 0. The number of hydrogen-bond acceptors (Lipinski definition) is 6. The number of nitrogens with zero attached hydrogens (tertiary/aromatic N) is 1. The maximum Gasteiger partial charge on any atom is 0.183 e. The first-order chi connectivity index (χ1) is 11.7. The monoisotopic (exact) mass is 387 g/mol. The molecule has 0 bridgehead atoms. The quantitative estimate of drug-likeness (QED) is 0.762. The van der Waals surface area contributed by atoms with Crippen LogP contribution in [0.25, 0.3) is 0 Å². The van der Waals surface area contributed by atoms with Gasteiger partial charge in [0.1, 0.15) is 5.75 Å². The van der Waals surface area contributed by atoms with Crippen molar-refractivity contribution in [3.05, 3.63) is 24.3 Å². The molecular formula is C17H25NO5S2. The van der Waals surface area contributed by atoms with Crippen molar-refractivity contribution in [2.45, 2.75) is 49.0 Å². The van der Waals surface area contributed by atoms with Gasteiger partial charge in [0.05, 0.1) is 27.8 Å². The van der Waals surface area contributed by atoms with Crippen molar-refractivity contribution in [3.63, 3.8) is 0 Å². The predicted molar refractivity (Wildman–Crippen MR) is 96.4 cm³/mol. The highest BCUT2D eigenvalue weighted by Crippen LogP contribution is 2.31. The zero-order valence-electron chi connectivity index (χ0n) is 14.6. The fourth-order valence-corrected chi connectivity index (χ4v) is 8.49. The standard InChI is InChI=1S/C17H25NO5S2/c1-13(2)23-14-5-7-15(8-6-14)25(21,22)17-12-24(19,20)11-16(17)18-9-3-4-10-18/h5-8,13,16-17H,3-4,9-12H2,1-2H3/t16-,17-/m0/s1. The van der Waals surface area contributed by atoms with Crippen LogP contribution in [0.1, 0.15) is 26.7 Å². The van der Waals surface area contributed by atoms with E-state index in [1.807, 2.05) is 18.7 Å². The number of benzene rings is 1. The van der Waals surface area contributed by atoms with Crippen LogP contribution in [0.2, 0.25) is 0 Å². The first-order valence-electron chi connectivity index (χ1n) is 8.64. The van der Waals surface area contributed by atoms with Gasteiger partial charge >= 0.3 is 0 Å². The van der Waals surface area contributed by atoms with Crippen molar-refractivity contribution in [1.29, 1.82) is 0 Å². The smallest absolute Gasteiger partial charge is 0.183 e. The van der Waals surface area contributed by atoms with Crippen LogP contribution >= 0.6 is 0 Å². The maximum atomic E-state index is 13.1. The molecule has 0 unspecified atom stereocenters. The molecule has 2 atom stereocenters. The lowest BCUT2D eigenvalue weighted by Gasteiger charge is -2.27. The number of ether oxygens (including phenoxy) is 1. The molecule has 2 saturated heterocycles. The van der Waals surface area contributed by atoms with E-state index in [-0.39, 0.29) is 22.5 Å². The third-order valence-corrected chi connectivity index (χ3v) is 8.94. The van der Waals surface area contributed by atoms with Crippen LogP contribution in [0.5, 0.6) is 5.75 Å². The second-order valence-corrected chi connectivity index (χ2v) is 11.4. The van der Waals surface area contributed by atoms with Crippen molar-refractivity contribution in [2.24, 2.45) is 0 Å². The van der Waals surface area contributed by atoms with Gasteiger partial charge < -0.3 is 4.74 Å². The molecule has 1 aromatic rings. The van der Waals surface area contributed by atoms with Crippen molar-refractivity contribution in [3.8, 4) is 5.75 Å². The van der Waals surface area contributed by atoms with Gasteiger partial charge in [0.2, 0.25) is 0 Å². The van der Waals surface area contributed by atoms with Gasteiger partial charge in [-0.25, -0.2) is 16.8 Å². The third kappa shape index (κ3) is 4.01. The minimum Gasteiger partial charge on any atom is -0.491 e. The largest absolute Gasteiger partial charge is 0.491 e. The molecule has 25 heavy (non-hydrogen) atoms.